The summed E-state index contributed by atoms with van der Waals surface area (Å²) in [6.07, 6.45) is 5.16. The number of ether oxygens (including phenoxy) is 1. The first kappa shape index (κ1) is 19.1. The van der Waals surface area contributed by atoms with E-state index >= 15 is 0 Å². The first-order chi connectivity index (χ1) is 11.5. The van der Waals surface area contributed by atoms with Gasteiger partial charge in [0.1, 0.15) is 6.10 Å². The third-order valence-electron chi connectivity index (χ3n) is 4.84. The molecular formula is C17H31N3O4. The highest BCUT2D eigenvalue weighted by Gasteiger charge is 2.32. The van der Waals surface area contributed by atoms with Crippen molar-refractivity contribution in [1.29, 1.82) is 0 Å². The molecule has 0 radical (unpaired) electrons. The van der Waals surface area contributed by atoms with Crippen molar-refractivity contribution < 1.29 is 19.4 Å². The normalized spacial score (nSPS) is 27.6. The van der Waals surface area contributed by atoms with E-state index in [0.717, 1.165) is 38.5 Å². The van der Waals surface area contributed by atoms with Gasteiger partial charge in [0.05, 0.1) is 25.3 Å². The van der Waals surface area contributed by atoms with Gasteiger partial charge in [-0.2, -0.15) is 0 Å². The van der Waals surface area contributed by atoms with Crippen molar-refractivity contribution in [3.05, 3.63) is 0 Å². The highest BCUT2D eigenvalue weighted by Crippen LogP contribution is 2.26. The fourth-order valence-corrected chi connectivity index (χ4v) is 3.22. The Balaban J connectivity index is 1.69. The van der Waals surface area contributed by atoms with Gasteiger partial charge in [-0.3, -0.25) is 9.59 Å². The maximum absolute atomic E-state index is 11.9. The van der Waals surface area contributed by atoms with Crippen LogP contribution in [0.2, 0.25) is 0 Å². The predicted octanol–water partition coefficient (Wildman–Crippen LogP) is -0.121. The minimum Gasteiger partial charge on any atom is -0.394 e. The summed E-state index contributed by atoms with van der Waals surface area (Å²) in [5.74, 6) is 0.307. The van der Waals surface area contributed by atoms with Crippen LogP contribution in [0.15, 0.2) is 0 Å². The number of aliphatic hydroxyl groups is 1. The quantitative estimate of drug-likeness (QED) is 0.573. The van der Waals surface area contributed by atoms with Gasteiger partial charge in [0.25, 0.3) is 0 Å². The van der Waals surface area contributed by atoms with Crippen molar-refractivity contribution >= 4 is 11.8 Å². The van der Waals surface area contributed by atoms with Crippen molar-refractivity contribution in [3.63, 3.8) is 0 Å². The van der Waals surface area contributed by atoms with Crippen LogP contribution < -0.4 is 10.6 Å². The van der Waals surface area contributed by atoms with Gasteiger partial charge in [-0.25, -0.2) is 0 Å². The number of nitrogens with zero attached hydrogens (tertiary/aromatic N) is 1. The molecule has 0 aromatic carbocycles. The molecule has 24 heavy (non-hydrogen) atoms. The molecule has 3 atom stereocenters. The molecule has 7 nitrogen and oxygen atoms in total. The molecule has 1 heterocycles. The smallest absolute Gasteiger partial charge is 0.234 e. The number of aliphatic hydroxyl groups excluding tert-OH is 1. The molecule has 2 aliphatic rings. The number of hydrogen-bond donors (Lipinski definition) is 3. The zero-order chi connectivity index (χ0) is 17.5. The van der Waals surface area contributed by atoms with Gasteiger partial charge < -0.3 is 25.4 Å². The van der Waals surface area contributed by atoms with E-state index in [4.69, 9.17) is 4.74 Å². The summed E-state index contributed by atoms with van der Waals surface area (Å²) in [5, 5.41) is 15.5. The standard InChI is InChI=1S/C17H31N3O4/c1-20(2)10-16(22)19-14-7-6-13(24-15(14)11-21)8-9-18-17(23)12-4-3-5-12/h12-15,21H,3-11H2,1-2H3,(H,18,23)(H,19,22)/t13-,14-,15+/m0/s1. The Morgan fingerprint density at radius 3 is 2.54 bits per heavy atom. The summed E-state index contributed by atoms with van der Waals surface area (Å²) in [6, 6.07) is -0.150. The summed E-state index contributed by atoms with van der Waals surface area (Å²) in [6.45, 7) is 0.818. The molecule has 7 heteroatoms. The molecular weight excluding hydrogens is 310 g/mol. The van der Waals surface area contributed by atoms with Gasteiger partial charge in [-0.15, -0.1) is 0 Å². The average Bonchev–Trinajstić information content (AvgIpc) is 2.45. The minimum atomic E-state index is -0.378. The van der Waals surface area contributed by atoms with Crippen LogP contribution in [0.5, 0.6) is 0 Å². The van der Waals surface area contributed by atoms with Crippen LogP contribution in [-0.2, 0) is 14.3 Å². The van der Waals surface area contributed by atoms with E-state index < -0.39 is 0 Å². The maximum atomic E-state index is 11.9. The Labute approximate surface area is 144 Å². The van der Waals surface area contributed by atoms with Crippen molar-refractivity contribution in [1.82, 2.24) is 15.5 Å². The molecule has 0 spiro atoms. The highest BCUT2D eigenvalue weighted by molar-refractivity contribution is 5.79. The zero-order valence-corrected chi connectivity index (χ0v) is 14.8. The summed E-state index contributed by atoms with van der Waals surface area (Å²) >= 11 is 0. The van der Waals surface area contributed by atoms with Crippen LogP contribution >= 0.6 is 0 Å². The molecule has 138 valence electrons. The molecule has 0 aromatic heterocycles. The molecule has 1 aliphatic heterocycles. The molecule has 1 aliphatic carbocycles. The van der Waals surface area contributed by atoms with E-state index in [1.54, 1.807) is 4.90 Å². The van der Waals surface area contributed by atoms with Crippen molar-refractivity contribution in [2.24, 2.45) is 5.92 Å². The lowest BCUT2D eigenvalue weighted by Gasteiger charge is -2.36. The predicted molar refractivity (Wildman–Crippen MR) is 90.4 cm³/mol. The lowest BCUT2D eigenvalue weighted by Crippen LogP contribution is -2.52. The van der Waals surface area contributed by atoms with E-state index in [-0.39, 0.29) is 42.6 Å². The van der Waals surface area contributed by atoms with Crippen LogP contribution in [0.1, 0.15) is 38.5 Å². The Morgan fingerprint density at radius 1 is 1.21 bits per heavy atom. The number of amides is 2. The van der Waals surface area contributed by atoms with E-state index in [0.29, 0.717) is 13.1 Å². The topological polar surface area (TPSA) is 90.9 Å². The van der Waals surface area contributed by atoms with Crippen LogP contribution in [0, 0.1) is 5.92 Å². The summed E-state index contributed by atoms with van der Waals surface area (Å²) in [4.78, 5) is 25.5. The van der Waals surface area contributed by atoms with E-state index in [2.05, 4.69) is 10.6 Å². The van der Waals surface area contributed by atoms with Gasteiger partial charge in [0.15, 0.2) is 0 Å². The van der Waals surface area contributed by atoms with Gasteiger partial charge >= 0.3 is 0 Å². The fourth-order valence-electron chi connectivity index (χ4n) is 3.22. The lowest BCUT2D eigenvalue weighted by atomic mass is 9.85. The summed E-state index contributed by atoms with van der Waals surface area (Å²) in [5.41, 5.74) is 0. The van der Waals surface area contributed by atoms with Crippen LogP contribution in [0.4, 0.5) is 0 Å². The van der Waals surface area contributed by atoms with Crippen LogP contribution in [-0.4, -0.2) is 73.9 Å². The van der Waals surface area contributed by atoms with Gasteiger partial charge in [-0.05, 0) is 46.2 Å². The Bertz CT molecular complexity index is 426. The monoisotopic (exact) mass is 341 g/mol. The second kappa shape index (κ2) is 9.34. The van der Waals surface area contributed by atoms with Gasteiger partial charge in [0.2, 0.25) is 11.8 Å². The number of likely N-dealkylation sites (N-methyl/N-ethyl adjacent to an activating group) is 1. The Kier molecular flexibility index (Phi) is 7.45. The third kappa shape index (κ3) is 5.72. The molecule has 1 saturated carbocycles. The van der Waals surface area contributed by atoms with Gasteiger partial charge in [-0.1, -0.05) is 6.42 Å². The van der Waals surface area contributed by atoms with Gasteiger partial charge in [0, 0.05) is 12.5 Å². The number of carbonyl (C=O) groups excluding carboxylic acids is 2. The molecule has 2 fully saturated rings. The second-order valence-corrected chi connectivity index (χ2v) is 7.18. The van der Waals surface area contributed by atoms with Crippen LogP contribution in [0.25, 0.3) is 0 Å². The fraction of sp³-hybridized carbons (Fsp3) is 0.882. The number of hydrogen-bond acceptors (Lipinski definition) is 5. The Hall–Kier alpha value is -1.18. The lowest BCUT2D eigenvalue weighted by molar-refractivity contribution is -0.130. The van der Waals surface area contributed by atoms with E-state index in [1.165, 1.54) is 0 Å². The van der Waals surface area contributed by atoms with E-state index in [1.807, 2.05) is 14.1 Å². The van der Waals surface area contributed by atoms with Crippen molar-refractivity contribution in [2.75, 3.05) is 33.8 Å². The summed E-state index contributed by atoms with van der Waals surface area (Å²) < 4.78 is 5.91. The molecule has 2 rings (SSSR count). The Morgan fingerprint density at radius 2 is 1.96 bits per heavy atom. The first-order valence-electron chi connectivity index (χ1n) is 8.97. The highest BCUT2D eigenvalue weighted by atomic mass is 16.5. The largest absolute Gasteiger partial charge is 0.394 e. The average molecular weight is 341 g/mol. The van der Waals surface area contributed by atoms with Crippen molar-refractivity contribution in [2.45, 2.75) is 56.8 Å². The molecule has 2 amide bonds. The summed E-state index contributed by atoms with van der Waals surface area (Å²) in [7, 11) is 3.68. The molecule has 3 N–H and O–H groups in total. The van der Waals surface area contributed by atoms with Crippen molar-refractivity contribution in [3.8, 4) is 0 Å². The second-order valence-electron chi connectivity index (χ2n) is 7.18. The number of carbonyl (C=O) groups is 2. The molecule has 0 unspecified atom stereocenters. The van der Waals surface area contributed by atoms with E-state index in [9.17, 15) is 14.7 Å². The zero-order valence-electron chi connectivity index (χ0n) is 14.8. The number of rotatable bonds is 8. The third-order valence-corrected chi connectivity index (χ3v) is 4.84. The van der Waals surface area contributed by atoms with Crippen LogP contribution in [0.3, 0.4) is 0 Å². The molecule has 0 bridgehead atoms. The minimum absolute atomic E-state index is 0.0193. The number of nitrogens with one attached hydrogen (secondary N) is 2. The SMILES string of the molecule is CN(C)CC(=O)N[C@H]1CC[C@@H](CCNC(=O)C2CCC2)O[C@@H]1CO. The molecule has 0 aromatic rings. The first-order valence-corrected chi connectivity index (χ1v) is 8.97. The maximum Gasteiger partial charge on any atom is 0.234 e. The molecule has 1 saturated heterocycles.